The molecule has 62 valence electrons. The molecule has 0 radical (unpaired) electrons. The second-order valence-electron chi connectivity index (χ2n) is 2.39. The van der Waals surface area contributed by atoms with E-state index >= 15 is 0 Å². The Kier molecular flexibility index (Phi) is 2.50. The molecule has 0 aromatic heterocycles. The highest BCUT2D eigenvalue weighted by atomic mass is 32.8. The van der Waals surface area contributed by atoms with Crippen LogP contribution in [0.3, 0.4) is 0 Å². The second-order valence-corrected chi connectivity index (χ2v) is 5.36. The fourth-order valence-corrected chi connectivity index (χ4v) is 2.04. The molecule has 2 atom stereocenters. The maximum atomic E-state index is 11.2. The summed E-state index contributed by atoms with van der Waals surface area (Å²) < 4.78 is 17.6. The highest BCUT2D eigenvalue weighted by Gasteiger charge is 2.25. The predicted molar refractivity (Wildman–Crippen MR) is 46.4 cm³/mol. The smallest absolute Gasteiger partial charge is 0.212 e. The van der Waals surface area contributed by atoms with Crippen LogP contribution in [0.15, 0.2) is 0 Å². The van der Waals surface area contributed by atoms with Crippen LogP contribution >= 0.6 is 0 Å². The second kappa shape index (κ2) is 3.07. The van der Waals surface area contributed by atoms with Crippen molar-refractivity contribution in [1.29, 1.82) is 0 Å². The normalized spacial score (nSPS) is 39.8. The molecule has 3 nitrogen and oxygen atoms in total. The monoisotopic (exact) mass is 191 g/mol. The van der Waals surface area contributed by atoms with Gasteiger partial charge in [0, 0.05) is 24.8 Å². The maximum absolute atomic E-state index is 11.2. The van der Waals surface area contributed by atoms with Crippen LogP contribution in [0, 0.1) is 18.3 Å². The van der Waals surface area contributed by atoms with Gasteiger partial charge in [-0.05, 0) is 0 Å². The standard InChI is InChI=1S/C6H9NO2S2/c1-3-6-4-7(2)11(8,10)9-5-6/h1,6H,4-5H2,2H3. The van der Waals surface area contributed by atoms with E-state index in [2.05, 4.69) is 17.1 Å². The van der Waals surface area contributed by atoms with Crippen molar-refractivity contribution >= 4 is 20.1 Å². The molecule has 0 aromatic carbocycles. The zero-order valence-corrected chi connectivity index (χ0v) is 7.78. The van der Waals surface area contributed by atoms with Crippen molar-refractivity contribution in [1.82, 2.24) is 4.31 Å². The number of rotatable bonds is 0. The Labute approximate surface area is 71.7 Å². The molecule has 2 unspecified atom stereocenters. The van der Waals surface area contributed by atoms with Gasteiger partial charge in [-0.2, -0.15) is 0 Å². The Bertz CT molecular complexity index is 277. The number of terminal acetylenes is 1. The van der Waals surface area contributed by atoms with Crippen LogP contribution in [0.2, 0.25) is 0 Å². The van der Waals surface area contributed by atoms with E-state index in [1.807, 2.05) is 0 Å². The highest BCUT2D eigenvalue weighted by Crippen LogP contribution is 2.13. The Hall–Kier alpha value is -0.150. The Balaban J connectivity index is 2.72. The van der Waals surface area contributed by atoms with Crippen molar-refractivity contribution in [3.8, 4) is 12.3 Å². The summed E-state index contributed by atoms with van der Waals surface area (Å²) in [5.41, 5.74) is 0. The minimum absolute atomic E-state index is 0.0116. The Morgan fingerprint density at radius 3 is 3.00 bits per heavy atom. The van der Waals surface area contributed by atoms with Crippen molar-refractivity contribution < 1.29 is 8.39 Å². The summed E-state index contributed by atoms with van der Waals surface area (Å²) in [6, 6.07) is 0. The Morgan fingerprint density at radius 1 is 1.91 bits per heavy atom. The molecule has 0 bridgehead atoms. The van der Waals surface area contributed by atoms with Gasteiger partial charge in [0.15, 0.2) is 0 Å². The zero-order valence-electron chi connectivity index (χ0n) is 6.15. The maximum Gasteiger partial charge on any atom is 0.212 e. The van der Waals surface area contributed by atoms with Gasteiger partial charge in [-0.1, -0.05) is 5.92 Å². The fraction of sp³-hybridized carbons (Fsp3) is 0.667. The molecule has 1 aliphatic rings. The molecule has 11 heavy (non-hydrogen) atoms. The summed E-state index contributed by atoms with van der Waals surface area (Å²) in [6.45, 7) is 0.863. The number of hydrogen-bond acceptors (Lipinski definition) is 3. The first-order chi connectivity index (χ1) is 5.06. The molecule has 0 N–H and O–H groups in total. The third-order valence-electron chi connectivity index (χ3n) is 1.51. The van der Waals surface area contributed by atoms with Gasteiger partial charge in [0.05, 0.1) is 12.5 Å². The molecule has 1 fully saturated rings. The molecule has 5 heteroatoms. The SMILES string of the molecule is C#CC1COS(=O)(=S)N(C)C1. The lowest BCUT2D eigenvalue weighted by Gasteiger charge is -2.27. The van der Waals surface area contributed by atoms with Crippen molar-refractivity contribution in [2.45, 2.75) is 0 Å². The molecule has 0 amide bonds. The lowest BCUT2D eigenvalue weighted by Crippen LogP contribution is -2.39. The molecule has 0 spiro atoms. The van der Waals surface area contributed by atoms with E-state index in [-0.39, 0.29) is 5.92 Å². The van der Waals surface area contributed by atoms with Gasteiger partial charge in [-0.15, -0.1) is 6.42 Å². The van der Waals surface area contributed by atoms with Crippen LogP contribution in [-0.2, 0) is 24.3 Å². The third kappa shape index (κ3) is 1.91. The van der Waals surface area contributed by atoms with E-state index in [1.54, 1.807) is 7.05 Å². The van der Waals surface area contributed by atoms with E-state index in [0.29, 0.717) is 13.2 Å². The highest BCUT2D eigenvalue weighted by molar-refractivity contribution is 8.28. The predicted octanol–water partition coefficient (Wildman–Crippen LogP) is -0.226. The molecular formula is C6H9NO2S2. The quantitative estimate of drug-likeness (QED) is 0.496. The lowest BCUT2D eigenvalue weighted by atomic mass is 10.2. The summed E-state index contributed by atoms with van der Waals surface area (Å²) in [7, 11) is -0.982. The van der Waals surface area contributed by atoms with E-state index in [1.165, 1.54) is 4.31 Å². The van der Waals surface area contributed by atoms with E-state index in [9.17, 15) is 4.21 Å². The largest absolute Gasteiger partial charge is 0.277 e. The van der Waals surface area contributed by atoms with Gasteiger partial charge < -0.3 is 0 Å². The van der Waals surface area contributed by atoms with Crippen LogP contribution in [0.1, 0.15) is 0 Å². The van der Waals surface area contributed by atoms with E-state index < -0.39 is 8.96 Å². The molecule has 1 aliphatic heterocycles. The van der Waals surface area contributed by atoms with Crippen molar-refractivity contribution in [2.24, 2.45) is 5.92 Å². The van der Waals surface area contributed by atoms with Gasteiger partial charge in [-0.25, -0.2) is 8.51 Å². The topological polar surface area (TPSA) is 29.5 Å². The van der Waals surface area contributed by atoms with Crippen molar-refractivity contribution in [3.63, 3.8) is 0 Å². The van der Waals surface area contributed by atoms with Crippen LogP contribution in [-0.4, -0.2) is 28.7 Å². The fourth-order valence-electron chi connectivity index (χ4n) is 0.813. The first-order valence-electron chi connectivity index (χ1n) is 3.13. The summed E-state index contributed by atoms with van der Waals surface area (Å²) >= 11 is 4.68. The summed E-state index contributed by atoms with van der Waals surface area (Å²) in [5, 5.41) is 0. The minimum atomic E-state index is -2.63. The molecule has 1 heterocycles. The van der Waals surface area contributed by atoms with Crippen molar-refractivity contribution in [2.75, 3.05) is 20.2 Å². The molecule has 1 saturated heterocycles. The van der Waals surface area contributed by atoms with Crippen LogP contribution in [0.5, 0.6) is 0 Å². The number of nitrogens with zero attached hydrogens (tertiary/aromatic N) is 1. The van der Waals surface area contributed by atoms with E-state index in [0.717, 1.165) is 0 Å². The average molecular weight is 191 g/mol. The van der Waals surface area contributed by atoms with Crippen LogP contribution < -0.4 is 0 Å². The zero-order chi connectivity index (χ0) is 8.48. The molecule has 0 aromatic rings. The lowest BCUT2D eigenvalue weighted by molar-refractivity contribution is 0.223. The van der Waals surface area contributed by atoms with Crippen LogP contribution in [0.25, 0.3) is 0 Å². The van der Waals surface area contributed by atoms with Gasteiger partial charge in [-0.3, -0.25) is 4.18 Å². The molecule has 1 rings (SSSR count). The van der Waals surface area contributed by atoms with E-state index in [4.69, 9.17) is 10.6 Å². The summed E-state index contributed by atoms with van der Waals surface area (Å²) in [4.78, 5) is 0. The summed E-state index contributed by atoms with van der Waals surface area (Å²) in [5.74, 6) is 2.55. The molecule has 0 aliphatic carbocycles. The first kappa shape index (κ1) is 8.94. The van der Waals surface area contributed by atoms with Crippen molar-refractivity contribution in [3.05, 3.63) is 0 Å². The van der Waals surface area contributed by atoms with Crippen LogP contribution in [0.4, 0.5) is 0 Å². The minimum Gasteiger partial charge on any atom is -0.277 e. The van der Waals surface area contributed by atoms with Gasteiger partial charge in [0.2, 0.25) is 8.96 Å². The van der Waals surface area contributed by atoms with Gasteiger partial charge in [0.25, 0.3) is 0 Å². The third-order valence-corrected chi connectivity index (χ3v) is 3.91. The molecule has 0 saturated carbocycles. The summed E-state index contributed by atoms with van der Waals surface area (Å²) in [6.07, 6.45) is 5.17. The average Bonchev–Trinajstić information content (AvgIpc) is 1.95. The first-order valence-corrected chi connectivity index (χ1v) is 5.49. The Morgan fingerprint density at radius 2 is 2.55 bits per heavy atom. The number of hydrogen-bond donors (Lipinski definition) is 0. The van der Waals surface area contributed by atoms with Gasteiger partial charge >= 0.3 is 0 Å². The molecular weight excluding hydrogens is 182 g/mol. The van der Waals surface area contributed by atoms with Gasteiger partial charge in [0.1, 0.15) is 0 Å².